The van der Waals surface area contributed by atoms with Gasteiger partial charge in [-0.3, -0.25) is 4.79 Å². The lowest BCUT2D eigenvalue weighted by atomic mass is 10.2. The van der Waals surface area contributed by atoms with Crippen LogP contribution in [0.25, 0.3) is 0 Å². The van der Waals surface area contributed by atoms with Crippen LogP contribution in [0.5, 0.6) is 5.75 Å². The second-order valence-electron chi connectivity index (χ2n) is 4.30. The van der Waals surface area contributed by atoms with Crippen molar-refractivity contribution >= 4 is 11.8 Å². The van der Waals surface area contributed by atoms with Crippen LogP contribution in [0, 0.1) is 0 Å². The number of amides is 1. The Labute approximate surface area is 112 Å². The van der Waals surface area contributed by atoms with Gasteiger partial charge in [0.2, 0.25) is 11.8 Å². The standard InChI is InChI=1S/C14H18N2O3/c1-4-15-13(17)12-9(2)19-14(16-12)10-7-5-6-8-11(10)18-3/h5-9,12H,4H2,1-3H3,(H,15,17)/t9-,12+/m1/s1. The zero-order valence-electron chi connectivity index (χ0n) is 11.3. The Hall–Kier alpha value is -2.04. The molecule has 1 aromatic rings. The van der Waals surface area contributed by atoms with Gasteiger partial charge in [0.05, 0.1) is 12.7 Å². The molecule has 0 spiro atoms. The van der Waals surface area contributed by atoms with Crippen molar-refractivity contribution in [2.45, 2.75) is 26.0 Å². The molecule has 0 unspecified atom stereocenters. The van der Waals surface area contributed by atoms with Gasteiger partial charge in [-0.25, -0.2) is 4.99 Å². The number of nitrogens with zero attached hydrogens (tertiary/aromatic N) is 1. The molecule has 5 heteroatoms. The number of nitrogens with one attached hydrogen (secondary N) is 1. The summed E-state index contributed by atoms with van der Waals surface area (Å²) in [6.45, 7) is 4.30. The summed E-state index contributed by atoms with van der Waals surface area (Å²) in [7, 11) is 1.60. The van der Waals surface area contributed by atoms with Crippen LogP contribution in [0.1, 0.15) is 19.4 Å². The maximum absolute atomic E-state index is 11.9. The summed E-state index contributed by atoms with van der Waals surface area (Å²) in [6, 6.07) is 6.96. The minimum atomic E-state index is -0.500. The van der Waals surface area contributed by atoms with Crippen molar-refractivity contribution in [3.63, 3.8) is 0 Å². The van der Waals surface area contributed by atoms with Gasteiger partial charge in [0, 0.05) is 6.54 Å². The smallest absolute Gasteiger partial charge is 0.248 e. The largest absolute Gasteiger partial charge is 0.496 e. The van der Waals surface area contributed by atoms with Crippen molar-refractivity contribution in [1.29, 1.82) is 0 Å². The maximum atomic E-state index is 11.9. The van der Waals surface area contributed by atoms with Crippen LogP contribution in [-0.2, 0) is 9.53 Å². The molecule has 102 valence electrons. The van der Waals surface area contributed by atoms with Crippen molar-refractivity contribution in [2.24, 2.45) is 4.99 Å². The van der Waals surface area contributed by atoms with E-state index < -0.39 is 6.04 Å². The molecule has 0 radical (unpaired) electrons. The Bertz CT molecular complexity index is 499. The Morgan fingerprint density at radius 2 is 2.21 bits per heavy atom. The van der Waals surface area contributed by atoms with Crippen molar-refractivity contribution in [2.75, 3.05) is 13.7 Å². The number of carbonyl (C=O) groups excluding carboxylic acids is 1. The van der Waals surface area contributed by atoms with Crippen LogP contribution in [0.15, 0.2) is 29.3 Å². The van der Waals surface area contributed by atoms with Crippen LogP contribution in [0.4, 0.5) is 0 Å². The first-order valence-corrected chi connectivity index (χ1v) is 6.33. The van der Waals surface area contributed by atoms with Gasteiger partial charge in [0.25, 0.3) is 0 Å². The van der Waals surface area contributed by atoms with E-state index in [-0.39, 0.29) is 12.0 Å². The first-order valence-electron chi connectivity index (χ1n) is 6.33. The highest BCUT2D eigenvalue weighted by atomic mass is 16.5. The Balaban J connectivity index is 2.26. The summed E-state index contributed by atoms with van der Waals surface area (Å²) in [5.41, 5.74) is 0.767. The van der Waals surface area contributed by atoms with Crippen LogP contribution in [0.2, 0.25) is 0 Å². The lowest BCUT2D eigenvalue weighted by Gasteiger charge is -2.12. The van der Waals surface area contributed by atoms with Crippen molar-refractivity contribution in [3.05, 3.63) is 29.8 Å². The van der Waals surface area contributed by atoms with E-state index in [4.69, 9.17) is 9.47 Å². The van der Waals surface area contributed by atoms with E-state index in [1.54, 1.807) is 7.11 Å². The minimum Gasteiger partial charge on any atom is -0.496 e. The lowest BCUT2D eigenvalue weighted by Crippen LogP contribution is -2.38. The number of para-hydroxylation sites is 1. The normalized spacial score (nSPS) is 21.5. The SMILES string of the molecule is CCNC(=O)[C@H]1N=C(c2ccccc2OC)O[C@@H]1C. The van der Waals surface area contributed by atoms with Gasteiger partial charge in [0.15, 0.2) is 6.04 Å². The average molecular weight is 262 g/mol. The van der Waals surface area contributed by atoms with E-state index in [9.17, 15) is 4.79 Å². The molecule has 1 heterocycles. The fourth-order valence-corrected chi connectivity index (χ4v) is 2.01. The number of methoxy groups -OCH3 is 1. The third-order valence-electron chi connectivity index (χ3n) is 2.96. The Morgan fingerprint density at radius 1 is 1.47 bits per heavy atom. The van der Waals surface area contributed by atoms with E-state index >= 15 is 0 Å². The van der Waals surface area contributed by atoms with E-state index in [2.05, 4.69) is 10.3 Å². The van der Waals surface area contributed by atoms with Crippen LogP contribution in [-0.4, -0.2) is 37.6 Å². The average Bonchev–Trinajstić information content (AvgIpc) is 2.81. The molecule has 0 fully saturated rings. The summed E-state index contributed by atoms with van der Waals surface area (Å²) < 4.78 is 11.0. The first kappa shape index (κ1) is 13.4. The second kappa shape index (κ2) is 5.73. The number of hydrogen-bond acceptors (Lipinski definition) is 4. The highest BCUT2D eigenvalue weighted by molar-refractivity contribution is 6.00. The molecule has 1 N–H and O–H groups in total. The summed E-state index contributed by atoms with van der Waals surface area (Å²) >= 11 is 0. The molecule has 1 aliphatic rings. The number of aliphatic imine (C=N–C) groups is 1. The van der Waals surface area contributed by atoms with Gasteiger partial charge in [-0.15, -0.1) is 0 Å². The molecular weight excluding hydrogens is 244 g/mol. The summed E-state index contributed by atoms with van der Waals surface area (Å²) in [5.74, 6) is 1.03. The molecule has 0 saturated heterocycles. The summed E-state index contributed by atoms with van der Waals surface area (Å²) in [5, 5.41) is 2.76. The first-order chi connectivity index (χ1) is 9.17. The van der Waals surface area contributed by atoms with E-state index in [0.29, 0.717) is 18.2 Å². The highest BCUT2D eigenvalue weighted by Gasteiger charge is 2.34. The molecule has 0 saturated carbocycles. The quantitative estimate of drug-likeness (QED) is 0.891. The molecule has 2 rings (SSSR count). The van der Waals surface area contributed by atoms with E-state index in [1.807, 2.05) is 38.1 Å². The van der Waals surface area contributed by atoms with Gasteiger partial charge in [-0.2, -0.15) is 0 Å². The van der Waals surface area contributed by atoms with Crippen LogP contribution >= 0.6 is 0 Å². The number of hydrogen-bond donors (Lipinski definition) is 1. The molecule has 2 atom stereocenters. The zero-order chi connectivity index (χ0) is 13.8. The number of ether oxygens (including phenoxy) is 2. The molecule has 0 aromatic heterocycles. The fourth-order valence-electron chi connectivity index (χ4n) is 2.01. The van der Waals surface area contributed by atoms with Gasteiger partial charge >= 0.3 is 0 Å². The van der Waals surface area contributed by atoms with Crippen LogP contribution in [0.3, 0.4) is 0 Å². The molecular formula is C14H18N2O3. The molecule has 1 aliphatic heterocycles. The highest BCUT2D eigenvalue weighted by Crippen LogP contribution is 2.24. The lowest BCUT2D eigenvalue weighted by molar-refractivity contribution is -0.123. The molecule has 5 nitrogen and oxygen atoms in total. The van der Waals surface area contributed by atoms with E-state index in [0.717, 1.165) is 5.56 Å². The van der Waals surface area contributed by atoms with Crippen LogP contribution < -0.4 is 10.1 Å². The number of benzene rings is 1. The number of carbonyl (C=O) groups is 1. The predicted molar refractivity (Wildman–Crippen MR) is 72.5 cm³/mol. The Kier molecular flexibility index (Phi) is 4.04. The third-order valence-corrected chi connectivity index (χ3v) is 2.96. The molecule has 1 aromatic carbocycles. The Morgan fingerprint density at radius 3 is 2.89 bits per heavy atom. The molecule has 0 bridgehead atoms. The second-order valence-corrected chi connectivity index (χ2v) is 4.30. The van der Waals surface area contributed by atoms with Gasteiger partial charge < -0.3 is 14.8 Å². The van der Waals surface area contributed by atoms with Crippen molar-refractivity contribution in [1.82, 2.24) is 5.32 Å². The summed E-state index contributed by atoms with van der Waals surface area (Å²) in [6.07, 6.45) is -0.272. The van der Waals surface area contributed by atoms with Gasteiger partial charge in [0.1, 0.15) is 11.9 Å². The topological polar surface area (TPSA) is 59.9 Å². The van der Waals surface area contributed by atoms with Gasteiger partial charge in [-0.1, -0.05) is 12.1 Å². The number of likely N-dealkylation sites (N-methyl/N-ethyl adjacent to an activating group) is 1. The van der Waals surface area contributed by atoms with Crippen molar-refractivity contribution < 1.29 is 14.3 Å². The van der Waals surface area contributed by atoms with Crippen molar-refractivity contribution in [3.8, 4) is 5.75 Å². The zero-order valence-corrected chi connectivity index (χ0v) is 11.3. The predicted octanol–water partition coefficient (Wildman–Crippen LogP) is 1.37. The third kappa shape index (κ3) is 2.70. The number of rotatable bonds is 4. The monoisotopic (exact) mass is 262 g/mol. The minimum absolute atomic E-state index is 0.111. The summed E-state index contributed by atoms with van der Waals surface area (Å²) in [4.78, 5) is 16.2. The maximum Gasteiger partial charge on any atom is 0.248 e. The molecule has 0 aliphatic carbocycles. The van der Waals surface area contributed by atoms with E-state index in [1.165, 1.54) is 0 Å². The molecule has 19 heavy (non-hydrogen) atoms. The van der Waals surface area contributed by atoms with Gasteiger partial charge in [-0.05, 0) is 26.0 Å². The molecule has 1 amide bonds. The fraction of sp³-hybridized carbons (Fsp3) is 0.429.